The summed E-state index contributed by atoms with van der Waals surface area (Å²) in [5.41, 5.74) is 1.16. The molecule has 5 nitrogen and oxygen atoms in total. The molecule has 1 aromatic carbocycles. The topological polar surface area (TPSA) is 87.0 Å². The maximum Gasteiger partial charge on any atom is 0.244 e. The Morgan fingerprint density at radius 1 is 1.15 bits per heavy atom. The van der Waals surface area contributed by atoms with Crippen LogP contribution in [0.3, 0.4) is 0 Å². The summed E-state index contributed by atoms with van der Waals surface area (Å²) in [6, 6.07) is 10.2. The molecular formula is C19H20N2O3S2. The Kier molecular flexibility index (Phi) is 5.44. The fraction of sp³-hybridized carbons (Fsp3) is 0.368. The number of hydrogen-bond donors (Lipinski definition) is 1. The molecule has 0 bridgehead atoms. The first-order valence-corrected chi connectivity index (χ1v) is 11.1. The summed E-state index contributed by atoms with van der Waals surface area (Å²) < 4.78 is 27.4. The smallest absolute Gasteiger partial charge is 0.244 e. The number of carbonyl (C=O) groups is 1. The molecule has 0 unspecified atom stereocenters. The van der Waals surface area contributed by atoms with Crippen LogP contribution in [0.15, 0.2) is 41.1 Å². The van der Waals surface area contributed by atoms with Crippen molar-refractivity contribution in [3.8, 4) is 6.07 Å². The largest absolute Gasteiger partial charge is 0.273 e. The van der Waals surface area contributed by atoms with Gasteiger partial charge in [0, 0.05) is 0 Å². The Balaban J connectivity index is 1.78. The normalized spacial score (nSPS) is 16.6. The van der Waals surface area contributed by atoms with Gasteiger partial charge in [0.2, 0.25) is 15.9 Å². The number of rotatable bonds is 5. The number of carbonyl (C=O) groups excluding carboxylic acids is 1. The standard InChI is InChI=1S/C19H20N2O3S2/c20-12-15-4-6-16(7-5-15)14-26(23,24)21-18(22)19(9-2-1-3-10-19)17-8-11-25-13-17/h4-8,11,13H,1-3,9-10,14H2,(H,21,22). The van der Waals surface area contributed by atoms with Gasteiger partial charge in [-0.2, -0.15) is 16.6 Å². The molecule has 1 N–H and O–H groups in total. The number of amides is 1. The zero-order valence-electron chi connectivity index (χ0n) is 14.3. The number of thiophene rings is 1. The van der Waals surface area contributed by atoms with E-state index in [1.165, 1.54) is 11.3 Å². The predicted molar refractivity (Wildman–Crippen MR) is 101 cm³/mol. The lowest BCUT2D eigenvalue weighted by Gasteiger charge is -2.35. The molecule has 1 fully saturated rings. The fourth-order valence-corrected chi connectivity index (χ4v) is 5.44. The zero-order valence-corrected chi connectivity index (χ0v) is 15.9. The van der Waals surface area contributed by atoms with Gasteiger partial charge < -0.3 is 0 Å². The summed E-state index contributed by atoms with van der Waals surface area (Å²) in [6.07, 6.45) is 4.24. The van der Waals surface area contributed by atoms with E-state index in [2.05, 4.69) is 4.72 Å². The van der Waals surface area contributed by atoms with E-state index >= 15 is 0 Å². The lowest BCUT2D eigenvalue weighted by Crippen LogP contribution is -2.47. The molecule has 136 valence electrons. The highest BCUT2D eigenvalue weighted by Gasteiger charge is 2.42. The van der Waals surface area contributed by atoms with Crippen molar-refractivity contribution in [2.75, 3.05) is 0 Å². The van der Waals surface area contributed by atoms with E-state index in [-0.39, 0.29) is 5.75 Å². The Hall–Kier alpha value is -2.17. The van der Waals surface area contributed by atoms with Gasteiger partial charge in [-0.3, -0.25) is 9.52 Å². The highest BCUT2D eigenvalue weighted by Crippen LogP contribution is 2.40. The Labute approximate surface area is 157 Å². The van der Waals surface area contributed by atoms with Gasteiger partial charge >= 0.3 is 0 Å². The second-order valence-electron chi connectivity index (χ2n) is 6.65. The highest BCUT2D eigenvalue weighted by molar-refractivity contribution is 7.89. The molecule has 26 heavy (non-hydrogen) atoms. The van der Waals surface area contributed by atoms with Crippen LogP contribution in [-0.2, 0) is 26.0 Å². The molecule has 1 heterocycles. The van der Waals surface area contributed by atoms with Gasteiger partial charge in [0.1, 0.15) is 0 Å². The highest BCUT2D eigenvalue weighted by atomic mass is 32.2. The molecule has 0 saturated heterocycles. The molecular weight excluding hydrogens is 368 g/mol. The van der Waals surface area contributed by atoms with E-state index in [1.54, 1.807) is 24.3 Å². The summed E-state index contributed by atoms with van der Waals surface area (Å²) in [5, 5.41) is 12.7. The fourth-order valence-electron chi connectivity index (χ4n) is 3.51. The third kappa shape index (κ3) is 3.97. The van der Waals surface area contributed by atoms with Gasteiger partial charge in [0.05, 0.1) is 22.8 Å². The molecule has 2 aromatic rings. The Bertz CT molecular complexity index is 905. The van der Waals surface area contributed by atoms with E-state index in [0.29, 0.717) is 24.0 Å². The third-order valence-electron chi connectivity index (χ3n) is 4.90. The summed E-state index contributed by atoms with van der Waals surface area (Å²) in [4.78, 5) is 13.0. The molecule has 1 aliphatic rings. The van der Waals surface area contributed by atoms with Crippen LogP contribution in [0.4, 0.5) is 0 Å². The minimum atomic E-state index is -3.81. The van der Waals surface area contributed by atoms with Crippen LogP contribution in [0.25, 0.3) is 0 Å². The van der Waals surface area contributed by atoms with Gasteiger partial charge in [0.25, 0.3) is 0 Å². The van der Waals surface area contributed by atoms with E-state index in [9.17, 15) is 13.2 Å². The molecule has 0 aliphatic heterocycles. The number of nitrogens with one attached hydrogen (secondary N) is 1. The average molecular weight is 389 g/mol. The minimum Gasteiger partial charge on any atom is -0.273 e. The minimum absolute atomic E-state index is 0.288. The molecule has 3 rings (SSSR count). The van der Waals surface area contributed by atoms with Gasteiger partial charge in [-0.05, 0) is 52.9 Å². The molecule has 0 radical (unpaired) electrons. The molecule has 1 aromatic heterocycles. The van der Waals surface area contributed by atoms with Crippen LogP contribution in [0.2, 0.25) is 0 Å². The van der Waals surface area contributed by atoms with Gasteiger partial charge in [-0.15, -0.1) is 0 Å². The maximum atomic E-state index is 13.0. The van der Waals surface area contributed by atoms with E-state index in [1.807, 2.05) is 22.9 Å². The third-order valence-corrected chi connectivity index (χ3v) is 6.80. The summed E-state index contributed by atoms with van der Waals surface area (Å²) in [7, 11) is -3.81. The summed E-state index contributed by atoms with van der Waals surface area (Å²) >= 11 is 1.52. The molecule has 0 atom stereocenters. The van der Waals surface area contributed by atoms with Crippen molar-refractivity contribution in [2.45, 2.75) is 43.3 Å². The number of nitriles is 1. The van der Waals surface area contributed by atoms with Crippen LogP contribution >= 0.6 is 11.3 Å². The molecule has 1 aliphatic carbocycles. The number of nitrogens with zero attached hydrogens (tertiary/aromatic N) is 1. The van der Waals surface area contributed by atoms with Crippen molar-refractivity contribution in [2.24, 2.45) is 0 Å². The van der Waals surface area contributed by atoms with E-state index in [0.717, 1.165) is 24.8 Å². The van der Waals surface area contributed by atoms with Crippen molar-refractivity contribution < 1.29 is 13.2 Å². The number of hydrogen-bond acceptors (Lipinski definition) is 5. The molecule has 0 spiro atoms. The van der Waals surface area contributed by atoms with Crippen LogP contribution < -0.4 is 4.72 Å². The Morgan fingerprint density at radius 2 is 1.85 bits per heavy atom. The van der Waals surface area contributed by atoms with Crippen LogP contribution in [-0.4, -0.2) is 14.3 Å². The predicted octanol–water partition coefficient (Wildman–Crippen LogP) is 3.47. The van der Waals surface area contributed by atoms with Gasteiger partial charge in [-0.25, -0.2) is 8.42 Å². The first kappa shape index (κ1) is 18.6. The zero-order chi connectivity index (χ0) is 18.6. The van der Waals surface area contributed by atoms with E-state index in [4.69, 9.17) is 5.26 Å². The van der Waals surface area contributed by atoms with Crippen molar-refractivity contribution in [3.05, 3.63) is 57.8 Å². The maximum absolute atomic E-state index is 13.0. The quantitative estimate of drug-likeness (QED) is 0.850. The van der Waals surface area contributed by atoms with Crippen LogP contribution in [0.5, 0.6) is 0 Å². The lowest BCUT2D eigenvalue weighted by atomic mass is 9.70. The van der Waals surface area contributed by atoms with Gasteiger partial charge in [-0.1, -0.05) is 31.4 Å². The summed E-state index contributed by atoms with van der Waals surface area (Å²) in [5.74, 6) is -0.714. The number of sulfonamides is 1. The van der Waals surface area contributed by atoms with Crippen LogP contribution in [0.1, 0.15) is 48.8 Å². The average Bonchev–Trinajstić information content (AvgIpc) is 3.17. The lowest BCUT2D eigenvalue weighted by molar-refractivity contribution is -0.126. The Morgan fingerprint density at radius 3 is 2.42 bits per heavy atom. The second kappa shape index (κ2) is 7.60. The van der Waals surface area contributed by atoms with Gasteiger partial charge in [0.15, 0.2) is 0 Å². The monoisotopic (exact) mass is 388 g/mol. The first-order valence-electron chi connectivity index (χ1n) is 8.52. The van der Waals surface area contributed by atoms with Crippen molar-refractivity contribution >= 4 is 27.3 Å². The SMILES string of the molecule is N#Cc1ccc(CS(=O)(=O)NC(=O)C2(c3ccsc3)CCCCC2)cc1. The van der Waals surface area contributed by atoms with Crippen LogP contribution in [0, 0.1) is 11.3 Å². The summed E-state index contributed by atoms with van der Waals surface area (Å²) in [6.45, 7) is 0. The first-order chi connectivity index (χ1) is 12.5. The molecule has 1 saturated carbocycles. The van der Waals surface area contributed by atoms with Crippen molar-refractivity contribution in [1.82, 2.24) is 4.72 Å². The van der Waals surface area contributed by atoms with Crippen molar-refractivity contribution in [3.63, 3.8) is 0 Å². The van der Waals surface area contributed by atoms with Crippen molar-refractivity contribution in [1.29, 1.82) is 5.26 Å². The van der Waals surface area contributed by atoms with E-state index < -0.39 is 21.3 Å². The molecule has 7 heteroatoms. The second-order valence-corrected chi connectivity index (χ2v) is 9.16. The number of benzene rings is 1. The molecule has 1 amide bonds.